The van der Waals surface area contributed by atoms with Gasteiger partial charge in [0, 0.05) is 15.0 Å². The van der Waals surface area contributed by atoms with E-state index in [9.17, 15) is 14.4 Å². The first-order valence-electron chi connectivity index (χ1n) is 10.7. The van der Waals surface area contributed by atoms with Crippen molar-refractivity contribution in [2.75, 3.05) is 5.32 Å². The second-order valence-electron chi connectivity index (χ2n) is 8.18. The third-order valence-electron chi connectivity index (χ3n) is 6.18. The van der Waals surface area contributed by atoms with Crippen LogP contribution in [-0.4, -0.2) is 21.8 Å². The lowest BCUT2D eigenvalue weighted by Gasteiger charge is -2.37. The number of benzene rings is 3. The largest absolute Gasteiger partial charge is 0.389 e. The van der Waals surface area contributed by atoms with Gasteiger partial charge >= 0.3 is 11.9 Å². The van der Waals surface area contributed by atoms with Gasteiger partial charge in [0.25, 0.3) is 0 Å². The van der Waals surface area contributed by atoms with E-state index in [1.165, 1.54) is 0 Å². The van der Waals surface area contributed by atoms with Gasteiger partial charge in [-0.2, -0.15) is 0 Å². The predicted molar refractivity (Wildman–Crippen MR) is 133 cm³/mol. The van der Waals surface area contributed by atoms with E-state index in [-0.39, 0.29) is 15.7 Å². The highest BCUT2D eigenvalue weighted by Crippen LogP contribution is 2.40. The summed E-state index contributed by atoms with van der Waals surface area (Å²) in [5.41, 5.74) is 1.02. The Morgan fingerprint density at radius 3 is 2.38 bits per heavy atom. The minimum Gasteiger partial charge on any atom is -0.389 e. The quantitative estimate of drug-likeness (QED) is 0.201. The van der Waals surface area contributed by atoms with Gasteiger partial charge in [-0.15, -0.1) is 0 Å². The fourth-order valence-corrected chi connectivity index (χ4v) is 5.22. The Bertz CT molecular complexity index is 1140. The Kier molecular flexibility index (Phi) is 6.89. The van der Waals surface area contributed by atoms with Crippen LogP contribution in [0.1, 0.15) is 30.1 Å². The van der Waals surface area contributed by atoms with Crippen LogP contribution >= 0.6 is 22.6 Å². The predicted octanol–water partition coefficient (Wildman–Crippen LogP) is 5.63. The van der Waals surface area contributed by atoms with Crippen LogP contribution in [-0.2, 0) is 14.3 Å². The van der Waals surface area contributed by atoms with Gasteiger partial charge in [0.15, 0.2) is 0 Å². The molecule has 4 atom stereocenters. The zero-order valence-electron chi connectivity index (χ0n) is 17.7. The van der Waals surface area contributed by atoms with E-state index in [4.69, 9.17) is 4.74 Å². The molecule has 4 unspecified atom stereocenters. The molecule has 1 saturated carbocycles. The van der Waals surface area contributed by atoms with Crippen LogP contribution in [0.5, 0.6) is 0 Å². The number of carbonyl (C=O) groups is 3. The SMILES string of the molecule is CC1C(I)CCC(C(=O)OC(=O)c2ccccc2)C1C(=O)Nc1cccc2ccccc12. The normalized spacial score (nSPS) is 22.8. The molecule has 0 spiro atoms. The number of ether oxygens (including phenoxy) is 1. The van der Waals surface area contributed by atoms with Crippen LogP contribution in [0, 0.1) is 17.8 Å². The second-order valence-corrected chi connectivity index (χ2v) is 9.78. The zero-order chi connectivity index (χ0) is 22.7. The molecule has 0 heterocycles. The van der Waals surface area contributed by atoms with Crippen molar-refractivity contribution in [1.82, 2.24) is 0 Å². The summed E-state index contributed by atoms with van der Waals surface area (Å²) in [7, 11) is 0. The number of fused-ring (bicyclic) bond motifs is 1. The van der Waals surface area contributed by atoms with Crippen LogP contribution in [0.4, 0.5) is 5.69 Å². The second kappa shape index (κ2) is 9.81. The van der Waals surface area contributed by atoms with E-state index in [1.807, 2.05) is 49.4 Å². The molecule has 0 bridgehead atoms. The first-order chi connectivity index (χ1) is 15.5. The number of rotatable bonds is 4. The van der Waals surface area contributed by atoms with E-state index < -0.39 is 23.8 Å². The molecule has 3 aromatic rings. The summed E-state index contributed by atoms with van der Waals surface area (Å²) < 4.78 is 5.45. The van der Waals surface area contributed by atoms with Gasteiger partial charge in [0.1, 0.15) is 0 Å². The van der Waals surface area contributed by atoms with Gasteiger partial charge < -0.3 is 10.1 Å². The van der Waals surface area contributed by atoms with Crippen LogP contribution < -0.4 is 5.32 Å². The van der Waals surface area contributed by atoms with Crippen LogP contribution in [0.15, 0.2) is 72.8 Å². The fourth-order valence-electron chi connectivity index (χ4n) is 4.41. The van der Waals surface area contributed by atoms with Gasteiger partial charge in [-0.25, -0.2) is 4.79 Å². The molecule has 1 aliphatic carbocycles. The molecule has 1 aliphatic rings. The smallest absolute Gasteiger partial charge is 0.345 e. The lowest BCUT2D eigenvalue weighted by Crippen LogP contribution is -2.45. The van der Waals surface area contributed by atoms with Crippen molar-refractivity contribution >= 4 is 56.9 Å². The number of esters is 2. The number of anilines is 1. The fraction of sp³-hybridized carbons (Fsp3) is 0.269. The number of hydrogen-bond acceptors (Lipinski definition) is 4. The molecule has 0 saturated heterocycles. The Morgan fingerprint density at radius 1 is 0.906 bits per heavy atom. The van der Waals surface area contributed by atoms with E-state index in [0.717, 1.165) is 17.2 Å². The molecule has 1 amide bonds. The Hall–Kier alpha value is -2.74. The summed E-state index contributed by atoms with van der Waals surface area (Å²) >= 11 is 2.35. The molecule has 1 fully saturated rings. The first kappa shape index (κ1) is 22.5. The van der Waals surface area contributed by atoms with Crippen LogP contribution in [0.25, 0.3) is 10.8 Å². The van der Waals surface area contributed by atoms with Gasteiger partial charge in [-0.1, -0.05) is 84.1 Å². The van der Waals surface area contributed by atoms with Crippen LogP contribution in [0.2, 0.25) is 0 Å². The zero-order valence-corrected chi connectivity index (χ0v) is 19.8. The minimum absolute atomic E-state index is 0.0382. The Morgan fingerprint density at radius 2 is 1.59 bits per heavy atom. The van der Waals surface area contributed by atoms with Gasteiger partial charge in [-0.3, -0.25) is 9.59 Å². The van der Waals surface area contributed by atoms with Crippen molar-refractivity contribution in [3.8, 4) is 0 Å². The monoisotopic (exact) mass is 541 g/mol. The topological polar surface area (TPSA) is 72.5 Å². The number of nitrogens with one attached hydrogen (secondary N) is 1. The first-order valence-corrected chi connectivity index (χ1v) is 11.9. The third kappa shape index (κ3) is 4.70. The average molecular weight is 541 g/mol. The van der Waals surface area contributed by atoms with Crippen molar-refractivity contribution < 1.29 is 19.1 Å². The summed E-state index contributed by atoms with van der Waals surface area (Å²) in [6.07, 6.45) is 1.30. The molecule has 32 heavy (non-hydrogen) atoms. The van der Waals surface area contributed by atoms with Crippen LogP contribution in [0.3, 0.4) is 0 Å². The number of halogens is 1. The van der Waals surface area contributed by atoms with Crippen molar-refractivity contribution in [1.29, 1.82) is 0 Å². The number of carbonyl (C=O) groups excluding carboxylic acids is 3. The van der Waals surface area contributed by atoms with E-state index >= 15 is 0 Å². The van der Waals surface area contributed by atoms with E-state index in [0.29, 0.717) is 17.7 Å². The number of alkyl halides is 1. The lowest BCUT2D eigenvalue weighted by molar-refractivity contribution is -0.149. The molecule has 3 aromatic carbocycles. The van der Waals surface area contributed by atoms with Crippen molar-refractivity contribution in [3.05, 3.63) is 78.4 Å². The maximum atomic E-state index is 13.4. The Labute approximate surface area is 200 Å². The maximum Gasteiger partial charge on any atom is 0.345 e. The summed E-state index contributed by atoms with van der Waals surface area (Å²) in [6, 6.07) is 22.0. The average Bonchev–Trinajstić information content (AvgIpc) is 2.81. The lowest BCUT2D eigenvalue weighted by atomic mass is 9.72. The highest BCUT2D eigenvalue weighted by Gasteiger charge is 2.45. The summed E-state index contributed by atoms with van der Waals surface area (Å²) in [4.78, 5) is 38.8. The molecule has 4 rings (SSSR count). The van der Waals surface area contributed by atoms with E-state index in [2.05, 4.69) is 27.9 Å². The van der Waals surface area contributed by atoms with Crippen molar-refractivity contribution in [2.45, 2.75) is 23.7 Å². The summed E-state index contributed by atoms with van der Waals surface area (Å²) in [5, 5.41) is 5.01. The molecule has 0 aromatic heterocycles. The molecule has 0 radical (unpaired) electrons. The number of hydrogen-bond donors (Lipinski definition) is 1. The molecule has 164 valence electrons. The highest BCUT2D eigenvalue weighted by molar-refractivity contribution is 14.1. The highest BCUT2D eigenvalue weighted by atomic mass is 127. The van der Waals surface area contributed by atoms with Gasteiger partial charge in [-0.05, 0) is 42.3 Å². The van der Waals surface area contributed by atoms with Crippen molar-refractivity contribution in [2.24, 2.45) is 17.8 Å². The van der Waals surface area contributed by atoms with Gasteiger partial charge in [0.05, 0.1) is 17.4 Å². The maximum absolute atomic E-state index is 13.4. The number of amides is 1. The van der Waals surface area contributed by atoms with E-state index in [1.54, 1.807) is 30.3 Å². The molecular formula is C26H24INO4. The molecular weight excluding hydrogens is 517 g/mol. The molecule has 0 aliphatic heterocycles. The third-order valence-corrected chi connectivity index (χ3v) is 7.94. The minimum atomic E-state index is -0.687. The molecule has 5 nitrogen and oxygen atoms in total. The summed E-state index contributed by atoms with van der Waals surface area (Å²) in [6.45, 7) is 1.99. The standard InChI is InChI=1S/C26H24INO4/c1-16-21(27)15-14-20(26(31)32-25(30)18-9-3-2-4-10-18)23(16)24(29)28-22-13-7-11-17-8-5-6-12-19(17)22/h2-13,16,20-21,23H,14-15H2,1H3,(H,28,29). The summed E-state index contributed by atoms with van der Waals surface area (Å²) in [5.74, 6) is -2.83. The van der Waals surface area contributed by atoms with Crippen molar-refractivity contribution in [3.63, 3.8) is 0 Å². The molecule has 6 heteroatoms. The Balaban J connectivity index is 1.56. The van der Waals surface area contributed by atoms with Gasteiger partial charge in [0.2, 0.25) is 5.91 Å². The molecule has 1 N–H and O–H groups in total.